The van der Waals surface area contributed by atoms with Gasteiger partial charge in [-0.25, -0.2) is 9.37 Å². The van der Waals surface area contributed by atoms with Gasteiger partial charge in [0.25, 0.3) is 0 Å². The summed E-state index contributed by atoms with van der Waals surface area (Å²) in [6.07, 6.45) is 1.88. The molecular formula is C17H11FN2. The number of pyridine rings is 1. The first kappa shape index (κ1) is 11.2. The predicted octanol–water partition coefficient (Wildman–Crippen LogP) is 4.52. The van der Waals surface area contributed by atoms with Gasteiger partial charge in [-0.15, -0.1) is 0 Å². The van der Waals surface area contributed by atoms with Crippen molar-refractivity contribution in [2.45, 2.75) is 0 Å². The fourth-order valence-electron chi connectivity index (χ4n) is 2.52. The molecule has 0 aliphatic rings. The number of hydrogen-bond acceptors (Lipinski definition) is 1. The second-order valence-electron chi connectivity index (χ2n) is 4.78. The molecule has 1 N–H and O–H groups in total. The van der Waals surface area contributed by atoms with Gasteiger partial charge >= 0.3 is 0 Å². The molecule has 96 valence electrons. The van der Waals surface area contributed by atoms with Crippen LogP contribution in [0.2, 0.25) is 0 Å². The van der Waals surface area contributed by atoms with Crippen molar-refractivity contribution in [1.82, 2.24) is 9.97 Å². The average molecular weight is 262 g/mol. The van der Waals surface area contributed by atoms with E-state index in [1.165, 1.54) is 12.1 Å². The number of nitrogens with one attached hydrogen (secondary N) is 1. The van der Waals surface area contributed by atoms with Crippen LogP contribution in [-0.4, -0.2) is 9.97 Å². The SMILES string of the molecule is Fc1ccc2[nH]cc(-c3ccc4ccccc4n3)c2c1. The van der Waals surface area contributed by atoms with Gasteiger partial charge < -0.3 is 4.98 Å². The minimum absolute atomic E-state index is 0.237. The quantitative estimate of drug-likeness (QED) is 0.536. The summed E-state index contributed by atoms with van der Waals surface area (Å²) < 4.78 is 13.4. The molecule has 4 rings (SSSR count). The molecule has 2 nitrogen and oxygen atoms in total. The summed E-state index contributed by atoms with van der Waals surface area (Å²) in [7, 11) is 0. The van der Waals surface area contributed by atoms with Crippen LogP contribution in [0.15, 0.2) is 60.8 Å². The molecule has 0 aliphatic heterocycles. The number of aromatic nitrogens is 2. The first-order chi connectivity index (χ1) is 9.81. The van der Waals surface area contributed by atoms with Crippen molar-refractivity contribution in [3.8, 4) is 11.3 Å². The van der Waals surface area contributed by atoms with Crippen LogP contribution in [-0.2, 0) is 0 Å². The lowest BCUT2D eigenvalue weighted by Gasteiger charge is -2.02. The van der Waals surface area contributed by atoms with Crippen LogP contribution < -0.4 is 0 Å². The lowest BCUT2D eigenvalue weighted by atomic mass is 10.1. The van der Waals surface area contributed by atoms with E-state index in [2.05, 4.69) is 9.97 Å². The van der Waals surface area contributed by atoms with Crippen molar-refractivity contribution in [1.29, 1.82) is 0 Å². The van der Waals surface area contributed by atoms with E-state index < -0.39 is 0 Å². The van der Waals surface area contributed by atoms with Crippen molar-refractivity contribution in [2.24, 2.45) is 0 Å². The van der Waals surface area contributed by atoms with Crippen LogP contribution >= 0.6 is 0 Å². The highest BCUT2D eigenvalue weighted by Gasteiger charge is 2.08. The third-order valence-electron chi connectivity index (χ3n) is 3.52. The summed E-state index contributed by atoms with van der Waals surface area (Å²) in [6.45, 7) is 0. The zero-order valence-corrected chi connectivity index (χ0v) is 10.6. The summed E-state index contributed by atoms with van der Waals surface area (Å²) in [6, 6.07) is 16.7. The molecule has 20 heavy (non-hydrogen) atoms. The molecule has 2 heterocycles. The van der Waals surface area contributed by atoms with Gasteiger partial charge in [0.15, 0.2) is 0 Å². The van der Waals surface area contributed by atoms with E-state index in [0.717, 1.165) is 33.1 Å². The average Bonchev–Trinajstić information content (AvgIpc) is 2.89. The van der Waals surface area contributed by atoms with Crippen LogP contribution in [0.5, 0.6) is 0 Å². The van der Waals surface area contributed by atoms with E-state index in [-0.39, 0.29) is 5.82 Å². The van der Waals surface area contributed by atoms with E-state index in [9.17, 15) is 4.39 Å². The Balaban J connectivity index is 1.98. The second kappa shape index (κ2) is 4.17. The molecule has 0 aliphatic carbocycles. The van der Waals surface area contributed by atoms with Gasteiger partial charge in [0.1, 0.15) is 5.82 Å². The highest BCUT2D eigenvalue weighted by Crippen LogP contribution is 2.29. The molecule has 4 aromatic rings. The van der Waals surface area contributed by atoms with Crippen molar-refractivity contribution >= 4 is 21.8 Å². The maximum atomic E-state index is 13.4. The van der Waals surface area contributed by atoms with Crippen LogP contribution in [0.3, 0.4) is 0 Å². The Bertz CT molecular complexity index is 924. The fraction of sp³-hybridized carbons (Fsp3) is 0. The number of nitrogens with zero attached hydrogens (tertiary/aromatic N) is 1. The standard InChI is InChI=1S/C17H11FN2/c18-12-6-8-16-13(9-12)14(10-19-16)17-7-5-11-3-1-2-4-15(11)20-17/h1-10,19H. The molecule has 0 spiro atoms. The maximum absolute atomic E-state index is 13.4. The monoisotopic (exact) mass is 262 g/mol. The van der Waals surface area contributed by atoms with Crippen LogP contribution in [0.4, 0.5) is 4.39 Å². The molecule has 0 amide bonds. The predicted molar refractivity (Wildman–Crippen MR) is 79.0 cm³/mol. The lowest BCUT2D eigenvalue weighted by Crippen LogP contribution is -1.84. The summed E-state index contributed by atoms with van der Waals surface area (Å²) in [5.41, 5.74) is 3.62. The smallest absolute Gasteiger partial charge is 0.123 e. The van der Waals surface area contributed by atoms with Gasteiger partial charge in [0.05, 0.1) is 11.2 Å². The summed E-state index contributed by atoms with van der Waals surface area (Å²) >= 11 is 0. The molecule has 2 aromatic heterocycles. The molecule has 0 saturated heterocycles. The Hall–Kier alpha value is -2.68. The van der Waals surface area contributed by atoms with E-state index >= 15 is 0 Å². The first-order valence-corrected chi connectivity index (χ1v) is 6.44. The molecule has 0 bridgehead atoms. The topological polar surface area (TPSA) is 28.7 Å². The Morgan fingerprint density at radius 2 is 1.85 bits per heavy atom. The van der Waals surface area contributed by atoms with Gasteiger partial charge in [0, 0.05) is 28.0 Å². The molecule has 0 saturated carbocycles. The Morgan fingerprint density at radius 3 is 2.80 bits per heavy atom. The normalized spacial score (nSPS) is 11.2. The Kier molecular flexibility index (Phi) is 2.33. The molecule has 0 atom stereocenters. The third-order valence-corrected chi connectivity index (χ3v) is 3.52. The zero-order chi connectivity index (χ0) is 13.5. The van der Waals surface area contributed by atoms with Crippen molar-refractivity contribution in [3.63, 3.8) is 0 Å². The number of aromatic amines is 1. The number of halogens is 1. The Labute approximate surface area is 114 Å². The number of H-pyrrole nitrogens is 1. The maximum Gasteiger partial charge on any atom is 0.123 e. The van der Waals surface area contributed by atoms with Crippen molar-refractivity contribution < 1.29 is 4.39 Å². The largest absolute Gasteiger partial charge is 0.360 e. The molecule has 0 unspecified atom stereocenters. The van der Waals surface area contributed by atoms with Crippen molar-refractivity contribution in [3.05, 3.63) is 66.6 Å². The van der Waals surface area contributed by atoms with Crippen LogP contribution in [0.1, 0.15) is 0 Å². The van der Waals surface area contributed by atoms with E-state index in [1.54, 1.807) is 6.07 Å². The van der Waals surface area contributed by atoms with Crippen LogP contribution in [0, 0.1) is 5.82 Å². The van der Waals surface area contributed by atoms with E-state index in [4.69, 9.17) is 0 Å². The summed E-state index contributed by atoms with van der Waals surface area (Å²) in [5.74, 6) is -0.237. The third kappa shape index (κ3) is 1.67. The van der Waals surface area contributed by atoms with Gasteiger partial charge in [-0.2, -0.15) is 0 Å². The van der Waals surface area contributed by atoms with E-state index in [1.807, 2.05) is 42.6 Å². The van der Waals surface area contributed by atoms with Crippen molar-refractivity contribution in [2.75, 3.05) is 0 Å². The minimum Gasteiger partial charge on any atom is -0.360 e. The molecule has 0 radical (unpaired) electrons. The molecule has 0 fully saturated rings. The number of benzene rings is 2. The van der Waals surface area contributed by atoms with Gasteiger partial charge in [-0.05, 0) is 30.3 Å². The van der Waals surface area contributed by atoms with Gasteiger partial charge in [0.2, 0.25) is 0 Å². The van der Waals surface area contributed by atoms with Gasteiger partial charge in [-0.1, -0.05) is 24.3 Å². The number of fused-ring (bicyclic) bond motifs is 2. The highest BCUT2D eigenvalue weighted by atomic mass is 19.1. The van der Waals surface area contributed by atoms with E-state index in [0.29, 0.717) is 0 Å². The number of para-hydroxylation sites is 1. The summed E-state index contributed by atoms with van der Waals surface area (Å²) in [5, 5.41) is 1.95. The Morgan fingerprint density at radius 1 is 0.950 bits per heavy atom. The summed E-state index contributed by atoms with van der Waals surface area (Å²) in [4.78, 5) is 7.81. The molecule has 3 heteroatoms. The van der Waals surface area contributed by atoms with Gasteiger partial charge in [-0.3, -0.25) is 0 Å². The zero-order valence-electron chi connectivity index (χ0n) is 10.6. The number of rotatable bonds is 1. The highest BCUT2D eigenvalue weighted by molar-refractivity contribution is 5.95. The first-order valence-electron chi connectivity index (χ1n) is 6.44. The minimum atomic E-state index is -0.237. The number of hydrogen-bond donors (Lipinski definition) is 1. The lowest BCUT2D eigenvalue weighted by molar-refractivity contribution is 0.630. The van der Waals surface area contributed by atoms with Crippen LogP contribution in [0.25, 0.3) is 33.1 Å². The molecule has 2 aromatic carbocycles. The second-order valence-corrected chi connectivity index (χ2v) is 4.78. The fourth-order valence-corrected chi connectivity index (χ4v) is 2.52. The molecular weight excluding hydrogens is 251 g/mol.